The highest BCUT2D eigenvalue weighted by molar-refractivity contribution is 9.10. The lowest BCUT2D eigenvalue weighted by molar-refractivity contribution is -0.144. The van der Waals surface area contributed by atoms with Crippen molar-refractivity contribution in [1.29, 1.82) is 0 Å². The van der Waals surface area contributed by atoms with Gasteiger partial charge in [0.2, 0.25) is 0 Å². The third-order valence-electron chi connectivity index (χ3n) is 2.97. The number of aliphatic carboxylic acids is 1. The SMILES string of the molecule is CCC(N)Cc1cc(Br)cc(C)c1OC(C)C(=O)O. The molecule has 0 aliphatic carbocycles. The van der Waals surface area contributed by atoms with Crippen LogP contribution in [0.5, 0.6) is 5.75 Å². The van der Waals surface area contributed by atoms with Gasteiger partial charge in [0.1, 0.15) is 5.75 Å². The second-order valence-corrected chi connectivity index (χ2v) is 5.60. The van der Waals surface area contributed by atoms with Gasteiger partial charge in [-0.05, 0) is 49.9 Å². The molecule has 0 aliphatic rings. The van der Waals surface area contributed by atoms with Crippen LogP contribution in [0.15, 0.2) is 16.6 Å². The van der Waals surface area contributed by atoms with E-state index in [2.05, 4.69) is 15.9 Å². The van der Waals surface area contributed by atoms with Crippen LogP contribution in [-0.4, -0.2) is 23.2 Å². The van der Waals surface area contributed by atoms with Gasteiger partial charge in [-0.1, -0.05) is 22.9 Å². The summed E-state index contributed by atoms with van der Waals surface area (Å²) in [6, 6.07) is 3.88. The average Bonchev–Trinajstić information content (AvgIpc) is 2.32. The number of carbonyl (C=O) groups is 1. The van der Waals surface area contributed by atoms with Gasteiger partial charge in [-0.2, -0.15) is 0 Å². The second kappa shape index (κ2) is 6.91. The van der Waals surface area contributed by atoms with E-state index in [-0.39, 0.29) is 6.04 Å². The van der Waals surface area contributed by atoms with Crippen LogP contribution in [0.25, 0.3) is 0 Å². The van der Waals surface area contributed by atoms with E-state index in [9.17, 15) is 4.79 Å². The van der Waals surface area contributed by atoms with Crippen molar-refractivity contribution in [2.45, 2.75) is 45.8 Å². The van der Waals surface area contributed by atoms with E-state index in [4.69, 9.17) is 15.6 Å². The second-order valence-electron chi connectivity index (χ2n) is 4.68. The Hall–Kier alpha value is -1.07. The smallest absolute Gasteiger partial charge is 0.344 e. The molecule has 0 amide bonds. The summed E-state index contributed by atoms with van der Waals surface area (Å²) < 4.78 is 6.51. The summed E-state index contributed by atoms with van der Waals surface area (Å²) in [6.07, 6.45) is 0.647. The molecular weight excluding hydrogens is 310 g/mol. The number of rotatable bonds is 6. The molecule has 0 aliphatic heterocycles. The minimum absolute atomic E-state index is 0.0381. The molecule has 0 fully saturated rings. The average molecular weight is 330 g/mol. The number of hydrogen-bond donors (Lipinski definition) is 2. The summed E-state index contributed by atoms with van der Waals surface area (Å²) in [7, 11) is 0. The molecule has 4 nitrogen and oxygen atoms in total. The van der Waals surface area contributed by atoms with Crippen LogP contribution in [-0.2, 0) is 11.2 Å². The number of aryl methyl sites for hydroxylation is 1. The molecule has 3 N–H and O–H groups in total. The fourth-order valence-electron chi connectivity index (χ4n) is 1.77. The van der Waals surface area contributed by atoms with Gasteiger partial charge in [-0.3, -0.25) is 0 Å². The van der Waals surface area contributed by atoms with Crippen molar-refractivity contribution in [2.24, 2.45) is 5.73 Å². The van der Waals surface area contributed by atoms with Gasteiger partial charge in [0, 0.05) is 10.5 Å². The third-order valence-corrected chi connectivity index (χ3v) is 3.42. The van der Waals surface area contributed by atoms with Crippen molar-refractivity contribution in [3.05, 3.63) is 27.7 Å². The van der Waals surface area contributed by atoms with Gasteiger partial charge in [0.25, 0.3) is 0 Å². The van der Waals surface area contributed by atoms with Gasteiger partial charge in [0.05, 0.1) is 0 Å². The number of carboxylic acid groups (broad SMARTS) is 1. The molecule has 0 saturated carbocycles. The maximum atomic E-state index is 10.9. The fourth-order valence-corrected chi connectivity index (χ4v) is 2.39. The van der Waals surface area contributed by atoms with Crippen LogP contribution in [0, 0.1) is 6.92 Å². The maximum Gasteiger partial charge on any atom is 0.344 e. The van der Waals surface area contributed by atoms with E-state index in [1.807, 2.05) is 26.0 Å². The molecule has 1 aromatic carbocycles. The van der Waals surface area contributed by atoms with E-state index in [1.54, 1.807) is 0 Å². The number of ether oxygens (including phenoxy) is 1. The van der Waals surface area contributed by atoms with Gasteiger partial charge in [-0.25, -0.2) is 4.79 Å². The van der Waals surface area contributed by atoms with Gasteiger partial charge < -0.3 is 15.6 Å². The zero-order chi connectivity index (χ0) is 14.6. The van der Waals surface area contributed by atoms with Crippen molar-refractivity contribution in [3.63, 3.8) is 0 Å². The molecule has 0 heterocycles. The molecule has 106 valence electrons. The number of benzene rings is 1. The minimum Gasteiger partial charge on any atom is -0.479 e. The molecule has 2 unspecified atom stereocenters. The zero-order valence-corrected chi connectivity index (χ0v) is 13.0. The first kappa shape index (κ1) is 16.0. The van der Waals surface area contributed by atoms with Crippen molar-refractivity contribution in [3.8, 4) is 5.75 Å². The molecule has 19 heavy (non-hydrogen) atoms. The largest absolute Gasteiger partial charge is 0.479 e. The summed E-state index contributed by atoms with van der Waals surface area (Å²) in [5.74, 6) is -0.352. The standard InChI is InChI=1S/C14H20BrNO3/c1-4-12(16)7-10-6-11(15)5-8(2)13(10)19-9(3)14(17)18/h5-6,9,12H,4,7,16H2,1-3H3,(H,17,18). The van der Waals surface area contributed by atoms with Crippen molar-refractivity contribution in [1.82, 2.24) is 0 Å². The van der Waals surface area contributed by atoms with E-state index in [1.165, 1.54) is 6.92 Å². The first-order valence-corrected chi connectivity index (χ1v) is 7.08. The molecule has 0 saturated heterocycles. The molecule has 1 rings (SSSR count). The number of nitrogens with two attached hydrogens (primary N) is 1. The number of carboxylic acids is 1. The van der Waals surface area contributed by atoms with Crippen molar-refractivity contribution >= 4 is 21.9 Å². The van der Waals surface area contributed by atoms with Crippen LogP contribution in [0.3, 0.4) is 0 Å². The van der Waals surface area contributed by atoms with Gasteiger partial charge in [-0.15, -0.1) is 0 Å². The fraction of sp³-hybridized carbons (Fsp3) is 0.500. The Labute approximate surface area is 122 Å². The monoisotopic (exact) mass is 329 g/mol. The molecule has 0 bridgehead atoms. The summed E-state index contributed by atoms with van der Waals surface area (Å²) in [5.41, 5.74) is 7.82. The summed E-state index contributed by atoms with van der Waals surface area (Å²) in [6.45, 7) is 5.44. The Kier molecular flexibility index (Phi) is 5.82. The molecular formula is C14H20BrNO3. The highest BCUT2D eigenvalue weighted by Crippen LogP contribution is 2.30. The highest BCUT2D eigenvalue weighted by Gasteiger charge is 2.18. The van der Waals surface area contributed by atoms with E-state index in [0.29, 0.717) is 12.2 Å². The predicted octanol–water partition coefficient (Wildman–Crippen LogP) is 2.89. The molecule has 5 heteroatoms. The molecule has 0 radical (unpaired) electrons. The lowest BCUT2D eigenvalue weighted by Gasteiger charge is -2.19. The quantitative estimate of drug-likeness (QED) is 0.841. The first-order valence-electron chi connectivity index (χ1n) is 6.29. The summed E-state index contributed by atoms with van der Waals surface area (Å²) in [5, 5.41) is 8.95. The summed E-state index contributed by atoms with van der Waals surface area (Å²) in [4.78, 5) is 10.9. The Morgan fingerprint density at radius 2 is 2.16 bits per heavy atom. The first-order chi connectivity index (χ1) is 8.85. The molecule has 1 aromatic rings. The Bertz CT molecular complexity index is 462. The topological polar surface area (TPSA) is 72.5 Å². The normalized spacial score (nSPS) is 13.9. The Morgan fingerprint density at radius 3 is 2.68 bits per heavy atom. The minimum atomic E-state index is -0.979. The van der Waals surface area contributed by atoms with E-state index in [0.717, 1.165) is 22.0 Å². The van der Waals surface area contributed by atoms with E-state index >= 15 is 0 Å². The predicted molar refractivity (Wildman–Crippen MR) is 78.6 cm³/mol. The summed E-state index contributed by atoms with van der Waals surface area (Å²) >= 11 is 3.44. The van der Waals surface area contributed by atoms with Crippen LogP contribution < -0.4 is 10.5 Å². The molecule has 0 aromatic heterocycles. The maximum absolute atomic E-state index is 10.9. The number of halogens is 1. The van der Waals surface area contributed by atoms with Crippen molar-refractivity contribution < 1.29 is 14.6 Å². The van der Waals surface area contributed by atoms with Gasteiger partial charge >= 0.3 is 5.97 Å². The van der Waals surface area contributed by atoms with Crippen LogP contribution in [0.4, 0.5) is 0 Å². The van der Waals surface area contributed by atoms with Crippen LogP contribution in [0.2, 0.25) is 0 Å². The lowest BCUT2D eigenvalue weighted by atomic mass is 10.0. The zero-order valence-electron chi connectivity index (χ0n) is 11.4. The van der Waals surface area contributed by atoms with Crippen LogP contribution >= 0.6 is 15.9 Å². The molecule has 0 spiro atoms. The van der Waals surface area contributed by atoms with E-state index < -0.39 is 12.1 Å². The Balaban J connectivity index is 3.09. The molecule has 2 atom stereocenters. The number of hydrogen-bond acceptors (Lipinski definition) is 3. The highest BCUT2D eigenvalue weighted by atomic mass is 79.9. The van der Waals surface area contributed by atoms with Gasteiger partial charge in [0.15, 0.2) is 6.10 Å². The Morgan fingerprint density at radius 1 is 1.53 bits per heavy atom. The van der Waals surface area contributed by atoms with Crippen LogP contribution in [0.1, 0.15) is 31.4 Å². The third kappa shape index (κ3) is 4.51. The lowest BCUT2D eigenvalue weighted by Crippen LogP contribution is -2.26. The van der Waals surface area contributed by atoms with Crippen molar-refractivity contribution in [2.75, 3.05) is 0 Å².